The molecule has 0 aliphatic heterocycles. The Morgan fingerprint density at radius 1 is 0.456 bits per heavy atom. The normalized spacial score (nSPS) is 13.3. The van der Waals surface area contributed by atoms with Gasteiger partial charge in [0.2, 0.25) is 0 Å². The Labute approximate surface area is 339 Å². The fraction of sp³-hybridized carbons (Fsp3) is 0. The van der Waals surface area contributed by atoms with Crippen molar-refractivity contribution in [2.75, 3.05) is 0 Å². The van der Waals surface area contributed by atoms with E-state index in [-0.39, 0.29) is 47.0 Å². The molecule has 0 saturated carbocycles. The van der Waals surface area contributed by atoms with Crippen LogP contribution in [0.1, 0.15) is 8.22 Å². The number of nitrogens with zero attached hydrogens (tertiary/aromatic N) is 4. The molecule has 0 aliphatic rings. The predicted molar refractivity (Wildman–Crippen MR) is 236 cm³/mol. The van der Waals surface area contributed by atoms with Gasteiger partial charge >= 0.3 is 0 Å². The molecule has 12 rings (SSSR count). The highest BCUT2D eigenvalue weighted by Crippen LogP contribution is 2.46. The second-order valence-electron chi connectivity index (χ2n) is 13.9. The second-order valence-corrected chi connectivity index (χ2v) is 14.9. The van der Waals surface area contributed by atoms with Gasteiger partial charge in [-0.25, -0.2) is 15.0 Å². The van der Waals surface area contributed by atoms with Crippen LogP contribution in [0, 0.1) is 0 Å². The molecule has 0 bridgehead atoms. The molecule has 0 radical (unpaired) electrons. The van der Waals surface area contributed by atoms with Gasteiger partial charge in [0.1, 0.15) is 11.2 Å². The monoisotopic (exact) mass is 752 g/mol. The Morgan fingerprint density at radius 2 is 1.12 bits per heavy atom. The molecule has 0 N–H and O–H groups in total. The highest BCUT2D eigenvalue weighted by Gasteiger charge is 2.24. The van der Waals surface area contributed by atoms with Crippen LogP contribution in [0.25, 0.3) is 115 Å². The molecule has 4 aromatic heterocycles. The third-order valence-corrected chi connectivity index (χ3v) is 11.8. The molecule has 8 aromatic carbocycles. The van der Waals surface area contributed by atoms with Gasteiger partial charge in [0.15, 0.2) is 17.5 Å². The highest BCUT2D eigenvalue weighted by atomic mass is 32.1. The minimum absolute atomic E-state index is 0.0553. The molecule has 0 amide bonds. The minimum atomic E-state index is -0.312. The molecule has 0 unspecified atom stereocenters. The molecule has 6 heteroatoms. The van der Waals surface area contributed by atoms with Crippen LogP contribution in [0.4, 0.5) is 0 Å². The summed E-state index contributed by atoms with van der Waals surface area (Å²) in [5, 5.41) is 4.50. The maximum atomic E-state index is 9.62. The summed E-state index contributed by atoms with van der Waals surface area (Å²) in [7, 11) is 0. The van der Waals surface area contributed by atoms with Gasteiger partial charge in [-0.1, -0.05) is 133 Å². The summed E-state index contributed by atoms with van der Waals surface area (Å²) in [6.07, 6.45) is 0. The van der Waals surface area contributed by atoms with Gasteiger partial charge in [-0.05, 0) is 48.5 Å². The largest absolute Gasteiger partial charge is 0.456 e. The van der Waals surface area contributed by atoms with E-state index in [1.54, 1.807) is 0 Å². The molecule has 0 saturated heterocycles. The van der Waals surface area contributed by atoms with Crippen molar-refractivity contribution < 1.29 is 12.6 Å². The number of rotatable bonds is 5. The van der Waals surface area contributed by atoms with Crippen molar-refractivity contribution in [2.45, 2.75) is 0 Å². The van der Waals surface area contributed by atoms with E-state index in [1.807, 2.05) is 115 Å². The number of hydrogen-bond donors (Lipinski definition) is 0. The number of thiophene rings is 1. The van der Waals surface area contributed by atoms with Crippen LogP contribution in [0.2, 0.25) is 0 Å². The van der Waals surface area contributed by atoms with Crippen molar-refractivity contribution in [1.82, 2.24) is 19.5 Å². The molecular weight excluding hydrogens is 717 g/mol. The third kappa shape index (κ3) is 4.98. The van der Waals surface area contributed by atoms with Crippen LogP contribution in [0.15, 0.2) is 186 Å². The number of aromatic nitrogens is 4. The number of para-hydroxylation sites is 4. The maximum absolute atomic E-state index is 9.62. The van der Waals surface area contributed by atoms with Crippen molar-refractivity contribution in [2.24, 2.45) is 0 Å². The van der Waals surface area contributed by atoms with Crippen molar-refractivity contribution in [3.63, 3.8) is 0 Å². The average Bonchev–Trinajstić information content (AvgIpc) is 4.01. The summed E-state index contributed by atoms with van der Waals surface area (Å²) in [5.74, 6) is 1.28. The number of hydrogen-bond acceptors (Lipinski definition) is 5. The summed E-state index contributed by atoms with van der Waals surface area (Å²) in [6, 6.07) is 46.1. The Morgan fingerprint density at radius 3 is 1.95 bits per heavy atom. The molecule has 0 spiro atoms. The van der Waals surface area contributed by atoms with Crippen LogP contribution in [0.5, 0.6) is 0 Å². The molecule has 12 aromatic rings. The van der Waals surface area contributed by atoms with Gasteiger partial charge in [0, 0.05) is 69.5 Å². The standard InChI is InChI=1S/C51H30N4OS/c1-2-14-31(15-3-1)49-52-50(32-28-29-45-41(30-32)35-18-6-10-26-44(35)56-45)54-51(53-49)40-23-12-20-37(39-22-13-21-38-36-19-7-11-27-46(36)57-48(38)39)47(40)55-42-24-8-4-16-33(42)34-17-5-9-25-43(34)55/h1-30H/i7D,13D,19D,21D,22D,27D. The lowest BCUT2D eigenvalue weighted by atomic mass is 9.97. The van der Waals surface area contributed by atoms with Crippen molar-refractivity contribution in [3.8, 4) is 51.0 Å². The maximum Gasteiger partial charge on any atom is 0.166 e. The smallest absolute Gasteiger partial charge is 0.166 e. The van der Waals surface area contributed by atoms with Gasteiger partial charge in [0.25, 0.3) is 0 Å². The van der Waals surface area contributed by atoms with Crippen LogP contribution in [-0.4, -0.2) is 19.5 Å². The quantitative estimate of drug-likeness (QED) is 0.176. The molecule has 0 atom stereocenters. The first-order valence-corrected chi connectivity index (χ1v) is 19.3. The first-order chi connectivity index (χ1) is 30.7. The first kappa shape index (κ1) is 26.4. The zero-order chi connectivity index (χ0) is 42.7. The SMILES string of the molecule is [2H]c1cc([2H])c2sc3c(-c4cccc(-c5nc(-c6ccccc6)nc(-c6ccc7oc8ccccc8c7c6)n5)c4-n4c5ccccc5c5ccccc54)c([2H])c([2H])c([2H])c3c2c1[2H]. The zero-order valence-corrected chi connectivity index (χ0v) is 30.8. The Bertz CT molecular complexity index is 3840. The van der Waals surface area contributed by atoms with Crippen LogP contribution < -0.4 is 0 Å². The van der Waals surface area contributed by atoms with Gasteiger partial charge in [-0.3, -0.25) is 0 Å². The van der Waals surface area contributed by atoms with Crippen molar-refractivity contribution in [1.29, 1.82) is 0 Å². The van der Waals surface area contributed by atoms with E-state index in [0.717, 1.165) is 54.9 Å². The number of fused-ring (bicyclic) bond motifs is 9. The Balaban J connectivity index is 1.22. The number of furan rings is 1. The summed E-state index contributed by atoms with van der Waals surface area (Å²) >= 11 is 1.21. The molecule has 57 heavy (non-hydrogen) atoms. The van der Waals surface area contributed by atoms with E-state index in [4.69, 9.17) is 24.9 Å². The summed E-state index contributed by atoms with van der Waals surface area (Å²) in [6.45, 7) is 0. The molecular formula is C51H30N4OS. The van der Waals surface area contributed by atoms with Gasteiger partial charge in [-0.2, -0.15) is 0 Å². The first-order valence-electron chi connectivity index (χ1n) is 21.5. The highest BCUT2D eigenvalue weighted by molar-refractivity contribution is 7.26. The lowest BCUT2D eigenvalue weighted by molar-refractivity contribution is 0.669. The fourth-order valence-corrected chi connectivity index (χ4v) is 9.19. The van der Waals surface area contributed by atoms with E-state index in [2.05, 4.69) is 28.8 Å². The van der Waals surface area contributed by atoms with E-state index in [0.29, 0.717) is 49.3 Å². The minimum Gasteiger partial charge on any atom is -0.456 e. The lowest BCUT2D eigenvalue weighted by Gasteiger charge is -2.19. The molecule has 266 valence electrons. The van der Waals surface area contributed by atoms with Crippen LogP contribution >= 0.6 is 11.3 Å². The predicted octanol–water partition coefficient (Wildman–Crippen LogP) is 13.9. The second kappa shape index (κ2) is 12.6. The van der Waals surface area contributed by atoms with Gasteiger partial charge < -0.3 is 8.98 Å². The van der Waals surface area contributed by atoms with E-state index < -0.39 is 0 Å². The van der Waals surface area contributed by atoms with Crippen molar-refractivity contribution >= 4 is 75.3 Å². The molecule has 4 heterocycles. The van der Waals surface area contributed by atoms with E-state index >= 15 is 0 Å². The Kier molecular flexibility index (Phi) is 5.82. The molecule has 0 aliphatic carbocycles. The van der Waals surface area contributed by atoms with Gasteiger partial charge in [0.05, 0.1) is 24.9 Å². The van der Waals surface area contributed by atoms with E-state index in [9.17, 15) is 2.74 Å². The lowest BCUT2D eigenvalue weighted by Crippen LogP contribution is -2.05. The average molecular weight is 753 g/mol. The van der Waals surface area contributed by atoms with E-state index in [1.165, 1.54) is 17.4 Å². The fourth-order valence-electron chi connectivity index (χ4n) is 8.10. The topological polar surface area (TPSA) is 56.7 Å². The summed E-state index contributed by atoms with van der Waals surface area (Å²) < 4.78 is 63.5. The van der Waals surface area contributed by atoms with Gasteiger partial charge in [-0.15, -0.1) is 11.3 Å². The third-order valence-electron chi connectivity index (χ3n) is 10.6. The molecule has 5 nitrogen and oxygen atoms in total. The van der Waals surface area contributed by atoms with Crippen LogP contribution in [0.3, 0.4) is 0 Å². The zero-order valence-electron chi connectivity index (χ0n) is 36.0. The van der Waals surface area contributed by atoms with Crippen LogP contribution in [-0.2, 0) is 0 Å². The Hall–Kier alpha value is -7.41. The van der Waals surface area contributed by atoms with Crippen molar-refractivity contribution in [3.05, 3.63) is 182 Å². The molecule has 0 fully saturated rings. The summed E-state index contributed by atoms with van der Waals surface area (Å²) in [4.78, 5) is 15.6. The summed E-state index contributed by atoms with van der Waals surface area (Å²) in [5.41, 5.74) is 7.11. The number of benzene rings is 8.